The number of hydrogen-bond acceptors (Lipinski definition) is 5. The Labute approximate surface area is 160 Å². The second kappa shape index (κ2) is 9.28. The molecule has 0 amide bonds. The van der Waals surface area contributed by atoms with Gasteiger partial charge >= 0.3 is 0 Å². The van der Waals surface area contributed by atoms with E-state index in [2.05, 4.69) is 10.6 Å². The fourth-order valence-electron chi connectivity index (χ4n) is 3.22. The fraction of sp³-hybridized carbons (Fsp3) is 0.381. The average Bonchev–Trinajstić information content (AvgIpc) is 2.68. The summed E-state index contributed by atoms with van der Waals surface area (Å²) in [7, 11) is 0. The number of nitrogens with one attached hydrogen (secondary N) is 3. The Morgan fingerprint density at radius 3 is 2.63 bits per heavy atom. The highest BCUT2D eigenvalue weighted by atomic mass is 16.5. The molecule has 1 saturated heterocycles. The van der Waals surface area contributed by atoms with Crippen LogP contribution in [0.25, 0.3) is 0 Å². The Hall–Kier alpha value is -2.73. The van der Waals surface area contributed by atoms with E-state index in [1.54, 1.807) is 18.2 Å². The number of rotatable bonds is 8. The van der Waals surface area contributed by atoms with E-state index in [9.17, 15) is 5.11 Å². The van der Waals surface area contributed by atoms with Gasteiger partial charge in [0.1, 0.15) is 23.4 Å². The van der Waals surface area contributed by atoms with E-state index in [4.69, 9.17) is 15.9 Å². The molecule has 1 aliphatic heterocycles. The minimum Gasteiger partial charge on any atom is -0.508 e. The quantitative estimate of drug-likeness (QED) is 0.280. The standard InChI is InChI=1S/C21H28N4O2/c22-21(23)16-3-8-20(26)15(14-16)2-1-11-25-17-4-6-18(7-5-17)27-19-9-12-24-13-10-19/h3-8,14,19,24-26H,1-2,9-13H2,(H3,22,23). The molecular formula is C21H28N4O2. The molecule has 2 aromatic carbocycles. The van der Waals surface area contributed by atoms with Gasteiger partial charge in [0.2, 0.25) is 0 Å². The lowest BCUT2D eigenvalue weighted by atomic mass is 10.0. The van der Waals surface area contributed by atoms with Crippen molar-refractivity contribution in [3.63, 3.8) is 0 Å². The Balaban J connectivity index is 1.44. The van der Waals surface area contributed by atoms with Crippen LogP contribution >= 0.6 is 0 Å². The molecule has 3 rings (SSSR count). The summed E-state index contributed by atoms with van der Waals surface area (Å²) in [4.78, 5) is 0. The van der Waals surface area contributed by atoms with Crippen molar-refractivity contribution < 1.29 is 9.84 Å². The second-order valence-corrected chi connectivity index (χ2v) is 6.88. The van der Waals surface area contributed by atoms with Crippen LogP contribution in [0.2, 0.25) is 0 Å². The summed E-state index contributed by atoms with van der Waals surface area (Å²) >= 11 is 0. The van der Waals surface area contributed by atoms with Crippen molar-refractivity contribution in [3.05, 3.63) is 53.6 Å². The smallest absolute Gasteiger partial charge is 0.122 e. The molecule has 0 aromatic heterocycles. The number of benzene rings is 2. The molecule has 6 nitrogen and oxygen atoms in total. The van der Waals surface area contributed by atoms with E-state index in [-0.39, 0.29) is 11.6 Å². The van der Waals surface area contributed by atoms with Crippen LogP contribution in [-0.4, -0.2) is 36.7 Å². The first-order valence-corrected chi connectivity index (χ1v) is 9.49. The van der Waals surface area contributed by atoms with Gasteiger partial charge in [-0.1, -0.05) is 0 Å². The minimum atomic E-state index is 0.0150. The first-order valence-electron chi connectivity index (χ1n) is 9.49. The summed E-state index contributed by atoms with van der Waals surface area (Å²) in [6.07, 6.45) is 4.00. The molecule has 0 spiro atoms. The summed E-state index contributed by atoms with van der Waals surface area (Å²) in [5.41, 5.74) is 8.02. The maximum absolute atomic E-state index is 9.95. The molecule has 6 heteroatoms. The molecule has 27 heavy (non-hydrogen) atoms. The Bertz CT molecular complexity index is 755. The predicted molar refractivity (Wildman–Crippen MR) is 109 cm³/mol. The fourth-order valence-corrected chi connectivity index (χ4v) is 3.22. The van der Waals surface area contributed by atoms with Crippen LogP contribution in [0.4, 0.5) is 5.69 Å². The van der Waals surface area contributed by atoms with Crippen LogP contribution in [0.3, 0.4) is 0 Å². The van der Waals surface area contributed by atoms with Crippen molar-refractivity contribution in [1.82, 2.24) is 5.32 Å². The topological polar surface area (TPSA) is 103 Å². The third-order valence-corrected chi connectivity index (χ3v) is 4.79. The van der Waals surface area contributed by atoms with E-state index in [1.165, 1.54) is 0 Å². The third-order valence-electron chi connectivity index (χ3n) is 4.79. The molecule has 1 aliphatic rings. The van der Waals surface area contributed by atoms with Gasteiger partial charge in [-0.3, -0.25) is 5.41 Å². The summed E-state index contributed by atoms with van der Waals surface area (Å²) in [6.45, 7) is 2.84. The highest BCUT2D eigenvalue weighted by Gasteiger charge is 2.14. The van der Waals surface area contributed by atoms with Gasteiger partial charge in [-0.15, -0.1) is 0 Å². The first-order chi connectivity index (χ1) is 13.1. The van der Waals surface area contributed by atoms with E-state index >= 15 is 0 Å². The zero-order valence-corrected chi connectivity index (χ0v) is 15.5. The normalized spacial score (nSPS) is 14.7. The molecule has 0 bridgehead atoms. The Morgan fingerprint density at radius 2 is 1.93 bits per heavy atom. The zero-order chi connectivity index (χ0) is 19.1. The van der Waals surface area contributed by atoms with Gasteiger partial charge in [-0.25, -0.2) is 0 Å². The van der Waals surface area contributed by atoms with Crippen molar-refractivity contribution in [1.29, 1.82) is 5.41 Å². The Morgan fingerprint density at radius 1 is 1.19 bits per heavy atom. The zero-order valence-electron chi connectivity index (χ0n) is 15.5. The number of amidine groups is 1. The monoisotopic (exact) mass is 368 g/mol. The van der Waals surface area contributed by atoms with Gasteiger partial charge in [0.15, 0.2) is 0 Å². The number of ether oxygens (including phenoxy) is 1. The van der Waals surface area contributed by atoms with Crippen molar-refractivity contribution in [2.45, 2.75) is 31.8 Å². The van der Waals surface area contributed by atoms with Gasteiger partial charge in [-0.05, 0) is 86.8 Å². The summed E-state index contributed by atoms with van der Waals surface area (Å²) < 4.78 is 6.01. The average molecular weight is 368 g/mol. The van der Waals surface area contributed by atoms with Crippen LogP contribution in [0, 0.1) is 5.41 Å². The highest BCUT2D eigenvalue weighted by molar-refractivity contribution is 5.95. The number of aryl methyl sites for hydroxylation is 1. The van der Waals surface area contributed by atoms with Crippen LogP contribution in [-0.2, 0) is 6.42 Å². The SMILES string of the molecule is N=C(N)c1ccc(O)c(CCCNc2ccc(OC3CCNCC3)cc2)c1. The highest BCUT2D eigenvalue weighted by Crippen LogP contribution is 2.21. The molecular weight excluding hydrogens is 340 g/mol. The van der Waals surface area contributed by atoms with Gasteiger partial charge in [-0.2, -0.15) is 0 Å². The number of phenolic OH excluding ortho intramolecular Hbond substituents is 1. The summed E-state index contributed by atoms with van der Waals surface area (Å²) in [5.74, 6) is 1.18. The summed E-state index contributed by atoms with van der Waals surface area (Å²) in [6, 6.07) is 13.1. The van der Waals surface area contributed by atoms with Gasteiger partial charge in [0.05, 0.1) is 0 Å². The van der Waals surface area contributed by atoms with E-state index in [1.807, 2.05) is 24.3 Å². The first kappa shape index (κ1) is 19.0. The predicted octanol–water partition coefficient (Wildman–Crippen LogP) is 2.85. The van der Waals surface area contributed by atoms with Crippen LogP contribution in [0.1, 0.15) is 30.4 Å². The molecule has 1 heterocycles. The van der Waals surface area contributed by atoms with Gasteiger partial charge < -0.3 is 26.2 Å². The van der Waals surface area contributed by atoms with E-state index in [0.717, 1.165) is 62.3 Å². The van der Waals surface area contributed by atoms with Crippen molar-refractivity contribution in [2.75, 3.05) is 25.0 Å². The van der Waals surface area contributed by atoms with Crippen molar-refractivity contribution in [3.8, 4) is 11.5 Å². The van der Waals surface area contributed by atoms with Gasteiger partial charge in [0, 0.05) is 17.8 Å². The minimum absolute atomic E-state index is 0.0150. The largest absolute Gasteiger partial charge is 0.508 e. The lowest BCUT2D eigenvalue weighted by Gasteiger charge is -2.23. The maximum Gasteiger partial charge on any atom is 0.122 e. The number of hydrogen-bond donors (Lipinski definition) is 5. The second-order valence-electron chi connectivity index (χ2n) is 6.88. The van der Waals surface area contributed by atoms with Crippen molar-refractivity contribution in [2.24, 2.45) is 5.73 Å². The van der Waals surface area contributed by atoms with Crippen LogP contribution < -0.4 is 21.1 Å². The number of phenols is 1. The van der Waals surface area contributed by atoms with Crippen LogP contribution in [0.5, 0.6) is 11.5 Å². The third kappa shape index (κ3) is 5.62. The molecule has 0 atom stereocenters. The summed E-state index contributed by atoms with van der Waals surface area (Å²) in [5, 5.41) is 24.2. The number of aromatic hydroxyl groups is 1. The van der Waals surface area contributed by atoms with Crippen molar-refractivity contribution >= 4 is 11.5 Å². The molecule has 2 aromatic rings. The molecule has 0 unspecified atom stereocenters. The molecule has 1 fully saturated rings. The van der Waals surface area contributed by atoms with E-state index < -0.39 is 0 Å². The van der Waals surface area contributed by atoms with Gasteiger partial charge in [0.25, 0.3) is 0 Å². The molecule has 144 valence electrons. The number of nitrogen functional groups attached to an aromatic ring is 1. The molecule has 6 N–H and O–H groups in total. The lowest BCUT2D eigenvalue weighted by molar-refractivity contribution is 0.162. The Kier molecular flexibility index (Phi) is 6.54. The molecule has 0 radical (unpaired) electrons. The number of piperidine rings is 1. The number of nitrogens with two attached hydrogens (primary N) is 1. The maximum atomic E-state index is 9.95. The van der Waals surface area contributed by atoms with E-state index in [0.29, 0.717) is 11.7 Å². The van der Waals surface area contributed by atoms with Crippen LogP contribution in [0.15, 0.2) is 42.5 Å². The lowest BCUT2D eigenvalue weighted by Crippen LogP contribution is -2.34. The molecule has 0 aliphatic carbocycles. The molecule has 0 saturated carbocycles. The number of anilines is 1.